The quantitative estimate of drug-likeness (QED) is 0.830. The number of pyridine rings is 1. The topological polar surface area (TPSA) is 71.9 Å². The maximum Gasteiger partial charge on any atom is 0.232 e. The van der Waals surface area contributed by atoms with E-state index in [2.05, 4.69) is 11.1 Å². The summed E-state index contributed by atoms with van der Waals surface area (Å²) in [5, 5.41) is 8.92. The van der Waals surface area contributed by atoms with Crippen molar-refractivity contribution in [1.29, 1.82) is 5.26 Å². The summed E-state index contributed by atoms with van der Waals surface area (Å²) < 4.78 is 5.70. The van der Waals surface area contributed by atoms with Gasteiger partial charge < -0.3 is 10.5 Å². The van der Waals surface area contributed by atoms with E-state index in [4.69, 9.17) is 15.7 Å². The highest BCUT2D eigenvalue weighted by Gasteiger charge is 2.30. The van der Waals surface area contributed by atoms with Gasteiger partial charge in [-0.2, -0.15) is 5.26 Å². The minimum absolute atomic E-state index is 0.176. The smallest absolute Gasteiger partial charge is 0.232 e. The zero-order valence-electron chi connectivity index (χ0n) is 9.31. The number of aromatic nitrogens is 1. The number of nitriles is 1. The third-order valence-corrected chi connectivity index (χ3v) is 2.92. The molecule has 0 aromatic carbocycles. The van der Waals surface area contributed by atoms with E-state index in [1.807, 2.05) is 13.0 Å². The van der Waals surface area contributed by atoms with Crippen LogP contribution in [0.2, 0.25) is 0 Å². The number of aryl methyl sites for hydroxylation is 1. The lowest BCUT2D eigenvalue weighted by Gasteiger charge is -2.34. The van der Waals surface area contributed by atoms with Crippen molar-refractivity contribution in [2.45, 2.75) is 25.9 Å². The summed E-state index contributed by atoms with van der Waals surface area (Å²) in [5.41, 5.74) is 6.91. The summed E-state index contributed by atoms with van der Waals surface area (Å²) in [4.78, 5) is 4.24. The molecule has 16 heavy (non-hydrogen) atoms. The molecule has 1 heterocycles. The first kappa shape index (κ1) is 10.9. The molecule has 0 saturated heterocycles. The van der Waals surface area contributed by atoms with Crippen molar-refractivity contribution in [2.24, 2.45) is 11.7 Å². The summed E-state index contributed by atoms with van der Waals surface area (Å²) in [6.07, 6.45) is 2.11. The highest BCUT2D eigenvalue weighted by atomic mass is 16.5. The molecule has 0 aliphatic heterocycles. The van der Waals surface area contributed by atoms with Crippen LogP contribution in [0.15, 0.2) is 12.1 Å². The summed E-state index contributed by atoms with van der Waals surface area (Å²) >= 11 is 0. The molecule has 0 unspecified atom stereocenters. The number of nitrogens with two attached hydrogens (primary N) is 1. The van der Waals surface area contributed by atoms with E-state index in [0.29, 0.717) is 23.9 Å². The predicted molar refractivity (Wildman–Crippen MR) is 59.9 cm³/mol. The third-order valence-electron chi connectivity index (χ3n) is 2.92. The van der Waals surface area contributed by atoms with E-state index < -0.39 is 0 Å². The fraction of sp³-hybridized carbons (Fsp3) is 0.500. The summed E-state index contributed by atoms with van der Waals surface area (Å²) in [6.45, 7) is 2.60. The molecular formula is C12H15N3O. The highest BCUT2D eigenvalue weighted by Crippen LogP contribution is 2.30. The molecule has 0 radical (unpaired) electrons. The Kier molecular flexibility index (Phi) is 3.07. The van der Waals surface area contributed by atoms with Crippen LogP contribution in [0.5, 0.6) is 5.88 Å². The van der Waals surface area contributed by atoms with Crippen molar-refractivity contribution in [3.8, 4) is 11.9 Å². The molecule has 1 aliphatic rings. The van der Waals surface area contributed by atoms with Crippen LogP contribution in [0.25, 0.3) is 0 Å². The van der Waals surface area contributed by atoms with Gasteiger partial charge in [0.05, 0.1) is 0 Å². The molecule has 0 atom stereocenters. The Morgan fingerprint density at radius 1 is 1.56 bits per heavy atom. The molecule has 4 nitrogen and oxygen atoms in total. The van der Waals surface area contributed by atoms with Gasteiger partial charge in [0.15, 0.2) is 0 Å². The second kappa shape index (κ2) is 4.50. The van der Waals surface area contributed by atoms with Crippen LogP contribution < -0.4 is 10.5 Å². The van der Waals surface area contributed by atoms with Crippen molar-refractivity contribution >= 4 is 0 Å². The van der Waals surface area contributed by atoms with Crippen LogP contribution in [0.4, 0.5) is 0 Å². The molecule has 0 amide bonds. The van der Waals surface area contributed by atoms with Crippen LogP contribution in [0.1, 0.15) is 24.1 Å². The van der Waals surface area contributed by atoms with Gasteiger partial charge in [-0.3, -0.25) is 0 Å². The lowest BCUT2D eigenvalue weighted by Crippen LogP contribution is -2.38. The maximum absolute atomic E-state index is 8.92. The Hall–Kier alpha value is -1.60. The fourth-order valence-electron chi connectivity index (χ4n) is 1.83. The Balaban J connectivity index is 2.04. The van der Waals surface area contributed by atoms with Gasteiger partial charge in [-0.05, 0) is 44.4 Å². The molecule has 2 rings (SSSR count). The van der Waals surface area contributed by atoms with Gasteiger partial charge in [0, 0.05) is 5.69 Å². The van der Waals surface area contributed by atoms with Crippen molar-refractivity contribution in [1.82, 2.24) is 4.98 Å². The lowest BCUT2D eigenvalue weighted by molar-refractivity contribution is 0.0645. The molecule has 2 N–H and O–H groups in total. The number of rotatable bonds is 3. The number of ether oxygens (including phenoxy) is 1. The van der Waals surface area contributed by atoms with Crippen LogP contribution >= 0.6 is 0 Å². The predicted octanol–water partition coefficient (Wildman–Crippen LogP) is 1.38. The van der Waals surface area contributed by atoms with Gasteiger partial charge in [-0.25, -0.2) is 4.98 Å². The average Bonchev–Trinajstić information content (AvgIpc) is 2.23. The van der Waals surface area contributed by atoms with Crippen LogP contribution in [-0.4, -0.2) is 17.6 Å². The first-order valence-corrected chi connectivity index (χ1v) is 5.47. The van der Waals surface area contributed by atoms with Crippen molar-refractivity contribution in [2.75, 3.05) is 6.54 Å². The number of nitrogens with zero attached hydrogens (tertiary/aromatic N) is 2. The largest absolute Gasteiger partial charge is 0.473 e. The normalized spacial score (nSPS) is 23.3. The Morgan fingerprint density at radius 2 is 2.31 bits per heavy atom. The molecule has 1 saturated carbocycles. The first-order chi connectivity index (χ1) is 7.72. The fourth-order valence-corrected chi connectivity index (χ4v) is 1.83. The van der Waals surface area contributed by atoms with Gasteiger partial charge >= 0.3 is 0 Å². The molecule has 0 spiro atoms. The standard InChI is InChI=1S/C12H15N3O/c1-8-2-3-10(7-14)12(15-8)16-11-4-9(5-11)6-13/h2-3,9,11H,4-6,13H2,1H3. The molecule has 1 aromatic heterocycles. The molecule has 1 aliphatic carbocycles. The third kappa shape index (κ3) is 2.15. The molecule has 4 heteroatoms. The zero-order valence-corrected chi connectivity index (χ0v) is 9.31. The minimum Gasteiger partial charge on any atom is -0.473 e. The molecule has 1 fully saturated rings. The number of hydrogen-bond donors (Lipinski definition) is 1. The molecule has 0 bridgehead atoms. The summed E-state index contributed by atoms with van der Waals surface area (Å²) in [7, 11) is 0. The zero-order chi connectivity index (χ0) is 11.5. The van der Waals surface area contributed by atoms with E-state index in [9.17, 15) is 0 Å². The second-order valence-electron chi connectivity index (χ2n) is 4.23. The minimum atomic E-state index is 0.176. The lowest BCUT2D eigenvalue weighted by atomic mass is 9.82. The van der Waals surface area contributed by atoms with Gasteiger partial charge in [0.2, 0.25) is 5.88 Å². The highest BCUT2D eigenvalue weighted by molar-refractivity contribution is 5.38. The molecule has 84 valence electrons. The average molecular weight is 217 g/mol. The molecule has 1 aromatic rings. The van der Waals surface area contributed by atoms with E-state index >= 15 is 0 Å². The van der Waals surface area contributed by atoms with Crippen LogP contribution in [0.3, 0.4) is 0 Å². The van der Waals surface area contributed by atoms with Gasteiger partial charge in [-0.1, -0.05) is 0 Å². The first-order valence-electron chi connectivity index (χ1n) is 5.47. The Bertz CT molecular complexity index is 419. The van der Waals surface area contributed by atoms with Gasteiger partial charge in [0.25, 0.3) is 0 Å². The van der Waals surface area contributed by atoms with E-state index in [1.54, 1.807) is 6.07 Å². The van der Waals surface area contributed by atoms with Crippen molar-refractivity contribution < 1.29 is 4.74 Å². The van der Waals surface area contributed by atoms with Crippen LogP contribution in [-0.2, 0) is 0 Å². The SMILES string of the molecule is Cc1ccc(C#N)c(OC2CC(CN)C2)n1. The number of hydrogen-bond acceptors (Lipinski definition) is 4. The Morgan fingerprint density at radius 3 is 2.94 bits per heavy atom. The van der Waals surface area contributed by atoms with E-state index in [1.165, 1.54) is 0 Å². The molecular weight excluding hydrogens is 202 g/mol. The maximum atomic E-state index is 8.92. The van der Waals surface area contributed by atoms with E-state index in [-0.39, 0.29) is 6.10 Å². The van der Waals surface area contributed by atoms with Gasteiger partial charge in [-0.15, -0.1) is 0 Å². The van der Waals surface area contributed by atoms with Crippen molar-refractivity contribution in [3.05, 3.63) is 23.4 Å². The van der Waals surface area contributed by atoms with E-state index in [0.717, 1.165) is 18.5 Å². The summed E-state index contributed by atoms with van der Waals surface area (Å²) in [6, 6.07) is 5.65. The van der Waals surface area contributed by atoms with Crippen molar-refractivity contribution in [3.63, 3.8) is 0 Å². The monoisotopic (exact) mass is 217 g/mol. The second-order valence-corrected chi connectivity index (χ2v) is 4.23. The Labute approximate surface area is 95.0 Å². The van der Waals surface area contributed by atoms with Gasteiger partial charge in [0.1, 0.15) is 17.7 Å². The summed E-state index contributed by atoms with van der Waals surface area (Å²) in [5.74, 6) is 1.03. The van der Waals surface area contributed by atoms with Crippen LogP contribution in [0, 0.1) is 24.2 Å².